The van der Waals surface area contributed by atoms with Crippen LogP contribution in [0.15, 0.2) is 0 Å². The quantitative estimate of drug-likeness (QED) is 0.718. The highest BCUT2D eigenvalue weighted by atomic mass is 16.5. The smallest absolute Gasteiger partial charge is 0.323 e. The number of fused-ring (bicyclic) bond motifs is 2. The van der Waals surface area contributed by atoms with Crippen molar-refractivity contribution in [3.63, 3.8) is 0 Å². The highest BCUT2D eigenvalue weighted by Gasteiger charge is 2.41. The Morgan fingerprint density at radius 1 is 1.50 bits per heavy atom. The number of carbonyl (C=O) groups excluding carboxylic acids is 1. The van der Waals surface area contributed by atoms with Crippen LogP contribution < -0.4 is 5.32 Å². The second kappa shape index (κ2) is 5.15. The first kappa shape index (κ1) is 11.9. The van der Waals surface area contributed by atoms with Crippen LogP contribution in [0, 0.1) is 0 Å². The molecular formula is C12H21NO3. The number of hydrogen-bond donors (Lipinski definition) is 1. The molecule has 0 spiro atoms. The van der Waals surface area contributed by atoms with Gasteiger partial charge in [0.25, 0.3) is 0 Å². The summed E-state index contributed by atoms with van der Waals surface area (Å²) in [6, 6.07) is 0.168. The van der Waals surface area contributed by atoms with Crippen LogP contribution in [-0.4, -0.2) is 36.9 Å². The van der Waals surface area contributed by atoms with Gasteiger partial charge in [-0.05, 0) is 32.6 Å². The third kappa shape index (κ3) is 2.38. The molecule has 2 rings (SSSR count). The molecule has 2 heterocycles. The Kier molecular flexibility index (Phi) is 3.82. The van der Waals surface area contributed by atoms with Crippen LogP contribution in [0.4, 0.5) is 0 Å². The van der Waals surface area contributed by atoms with Crippen molar-refractivity contribution >= 4 is 5.97 Å². The number of rotatable bonds is 5. The van der Waals surface area contributed by atoms with Crippen molar-refractivity contribution in [2.24, 2.45) is 0 Å². The van der Waals surface area contributed by atoms with Crippen molar-refractivity contribution in [3.8, 4) is 0 Å². The fraction of sp³-hybridized carbons (Fsp3) is 0.917. The van der Waals surface area contributed by atoms with Crippen molar-refractivity contribution in [2.75, 3.05) is 6.61 Å². The third-order valence-corrected chi connectivity index (χ3v) is 3.50. The van der Waals surface area contributed by atoms with E-state index < -0.39 is 0 Å². The van der Waals surface area contributed by atoms with Gasteiger partial charge in [-0.2, -0.15) is 0 Å². The van der Waals surface area contributed by atoms with Crippen molar-refractivity contribution in [2.45, 2.75) is 63.8 Å². The van der Waals surface area contributed by atoms with Gasteiger partial charge in [0.15, 0.2) is 0 Å². The molecule has 0 amide bonds. The van der Waals surface area contributed by atoms with Gasteiger partial charge in [-0.3, -0.25) is 10.1 Å². The molecule has 2 aliphatic rings. The number of nitrogens with one attached hydrogen (secondary N) is 1. The predicted molar refractivity (Wildman–Crippen MR) is 60.1 cm³/mol. The number of carbonyl (C=O) groups is 1. The summed E-state index contributed by atoms with van der Waals surface area (Å²) >= 11 is 0. The summed E-state index contributed by atoms with van der Waals surface area (Å²) in [5, 5.41) is 3.38. The van der Waals surface area contributed by atoms with Gasteiger partial charge in [-0.1, -0.05) is 6.92 Å². The van der Waals surface area contributed by atoms with Crippen molar-refractivity contribution in [3.05, 3.63) is 0 Å². The number of esters is 1. The van der Waals surface area contributed by atoms with Crippen LogP contribution in [0.25, 0.3) is 0 Å². The summed E-state index contributed by atoms with van der Waals surface area (Å²) < 4.78 is 10.8. The number of hydrogen-bond acceptors (Lipinski definition) is 4. The van der Waals surface area contributed by atoms with Crippen LogP contribution in [0.5, 0.6) is 0 Å². The fourth-order valence-corrected chi connectivity index (χ4v) is 2.67. The van der Waals surface area contributed by atoms with Gasteiger partial charge in [0.2, 0.25) is 0 Å². The van der Waals surface area contributed by atoms with Crippen LogP contribution in [-0.2, 0) is 14.3 Å². The Morgan fingerprint density at radius 3 is 2.81 bits per heavy atom. The van der Waals surface area contributed by atoms with E-state index >= 15 is 0 Å². The Hall–Kier alpha value is -0.610. The molecule has 4 unspecified atom stereocenters. The molecule has 0 radical (unpaired) electrons. The Labute approximate surface area is 96.7 Å². The van der Waals surface area contributed by atoms with Gasteiger partial charge >= 0.3 is 5.97 Å². The SMILES string of the molecule is CCOC(=O)C(CC)NC1CC2CCC1O2. The van der Waals surface area contributed by atoms with E-state index in [4.69, 9.17) is 9.47 Å². The lowest BCUT2D eigenvalue weighted by atomic mass is 9.94. The zero-order chi connectivity index (χ0) is 11.5. The minimum atomic E-state index is -0.173. The first-order valence-electron chi connectivity index (χ1n) is 6.32. The molecule has 1 N–H and O–H groups in total. The van der Waals surface area contributed by atoms with Gasteiger partial charge in [0.05, 0.1) is 18.8 Å². The third-order valence-electron chi connectivity index (χ3n) is 3.50. The maximum atomic E-state index is 11.6. The average Bonchev–Trinajstić information content (AvgIpc) is 2.87. The molecule has 0 aromatic rings. The van der Waals surface area contributed by atoms with Crippen LogP contribution in [0.2, 0.25) is 0 Å². The second-order valence-corrected chi connectivity index (χ2v) is 4.60. The molecular weight excluding hydrogens is 206 g/mol. The molecule has 4 heteroatoms. The Balaban J connectivity index is 1.84. The van der Waals surface area contributed by atoms with Gasteiger partial charge in [0.1, 0.15) is 6.04 Å². The van der Waals surface area contributed by atoms with E-state index in [1.165, 1.54) is 6.42 Å². The molecule has 2 bridgehead atoms. The van der Waals surface area contributed by atoms with Gasteiger partial charge < -0.3 is 9.47 Å². The predicted octanol–water partition coefficient (Wildman–Crippen LogP) is 1.24. The standard InChI is InChI=1S/C12H21NO3/c1-3-9(12(14)15-4-2)13-10-7-8-5-6-11(10)16-8/h8-11,13H,3-7H2,1-2H3. The zero-order valence-electron chi connectivity index (χ0n) is 10.1. The van der Waals surface area contributed by atoms with Gasteiger partial charge in [-0.25, -0.2) is 0 Å². The second-order valence-electron chi connectivity index (χ2n) is 4.60. The van der Waals surface area contributed by atoms with Crippen molar-refractivity contribution < 1.29 is 14.3 Å². The highest BCUT2D eigenvalue weighted by Crippen LogP contribution is 2.34. The minimum absolute atomic E-state index is 0.132. The maximum Gasteiger partial charge on any atom is 0.323 e. The molecule has 4 nitrogen and oxygen atoms in total. The first-order chi connectivity index (χ1) is 7.74. The molecule has 0 aromatic heterocycles. The van der Waals surface area contributed by atoms with Gasteiger partial charge in [-0.15, -0.1) is 0 Å². The van der Waals surface area contributed by atoms with Gasteiger partial charge in [0, 0.05) is 6.04 Å². The summed E-state index contributed by atoms with van der Waals surface area (Å²) in [5.41, 5.74) is 0. The monoisotopic (exact) mass is 227 g/mol. The molecule has 0 aliphatic carbocycles. The summed E-state index contributed by atoms with van der Waals surface area (Å²) in [6.07, 6.45) is 4.85. The van der Waals surface area contributed by atoms with Crippen molar-refractivity contribution in [1.82, 2.24) is 5.32 Å². The fourth-order valence-electron chi connectivity index (χ4n) is 2.67. The molecule has 0 aromatic carbocycles. The van der Waals surface area contributed by atoms with E-state index in [9.17, 15) is 4.79 Å². The molecule has 2 aliphatic heterocycles. The van der Waals surface area contributed by atoms with Crippen LogP contribution >= 0.6 is 0 Å². The topological polar surface area (TPSA) is 47.6 Å². The van der Waals surface area contributed by atoms with E-state index in [0.29, 0.717) is 24.9 Å². The molecule has 0 saturated carbocycles. The molecule has 2 fully saturated rings. The average molecular weight is 227 g/mol. The van der Waals surface area contributed by atoms with E-state index in [0.717, 1.165) is 19.3 Å². The van der Waals surface area contributed by atoms with E-state index in [1.54, 1.807) is 0 Å². The van der Waals surface area contributed by atoms with E-state index in [1.807, 2.05) is 13.8 Å². The zero-order valence-corrected chi connectivity index (χ0v) is 10.1. The lowest BCUT2D eigenvalue weighted by Gasteiger charge is -2.24. The number of ether oxygens (including phenoxy) is 2. The van der Waals surface area contributed by atoms with Crippen LogP contribution in [0.3, 0.4) is 0 Å². The molecule has 16 heavy (non-hydrogen) atoms. The summed E-state index contributed by atoms with van der Waals surface area (Å²) in [4.78, 5) is 11.6. The molecule has 2 saturated heterocycles. The lowest BCUT2D eigenvalue weighted by Crippen LogP contribution is -2.47. The van der Waals surface area contributed by atoms with Crippen molar-refractivity contribution in [1.29, 1.82) is 0 Å². The highest BCUT2D eigenvalue weighted by molar-refractivity contribution is 5.75. The normalized spacial score (nSPS) is 34.0. The summed E-state index contributed by atoms with van der Waals surface area (Å²) in [6.45, 7) is 4.29. The Morgan fingerprint density at radius 2 is 2.31 bits per heavy atom. The lowest BCUT2D eigenvalue weighted by molar-refractivity contribution is -0.146. The summed E-state index contributed by atoms with van der Waals surface area (Å²) in [5.74, 6) is -0.132. The summed E-state index contributed by atoms with van der Waals surface area (Å²) in [7, 11) is 0. The van der Waals surface area contributed by atoms with E-state index in [2.05, 4.69) is 5.32 Å². The molecule has 92 valence electrons. The van der Waals surface area contributed by atoms with E-state index in [-0.39, 0.29) is 12.0 Å². The maximum absolute atomic E-state index is 11.6. The first-order valence-corrected chi connectivity index (χ1v) is 6.32. The minimum Gasteiger partial charge on any atom is -0.465 e. The largest absolute Gasteiger partial charge is 0.465 e. The molecule has 4 atom stereocenters. The Bertz CT molecular complexity index is 257. The van der Waals surface area contributed by atoms with Crippen LogP contribution in [0.1, 0.15) is 39.5 Å².